The zero-order chi connectivity index (χ0) is 18.5. The van der Waals surface area contributed by atoms with E-state index in [0.29, 0.717) is 5.75 Å². The van der Waals surface area contributed by atoms with E-state index in [-0.39, 0.29) is 29.3 Å². The molecular formula is C19H23N3O4. The number of aromatic nitrogens is 2. The number of rotatable bonds is 6. The van der Waals surface area contributed by atoms with Crippen molar-refractivity contribution in [2.75, 3.05) is 7.11 Å². The Labute approximate surface area is 151 Å². The molecule has 2 aromatic rings. The fraction of sp³-hybridized carbons (Fsp3) is 0.421. The molecule has 0 aliphatic heterocycles. The highest BCUT2D eigenvalue weighted by molar-refractivity contribution is 5.92. The Balaban J connectivity index is 1.70. The molecule has 1 saturated carbocycles. The maximum atomic E-state index is 12.2. The lowest BCUT2D eigenvalue weighted by Gasteiger charge is -2.19. The van der Waals surface area contributed by atoms with Gasteiger partial charge in [0, 0.05) is 6.07 Å². The lowest BCUT2D eigenvalue weighted by atomic mass is 10.1. The van der Waals surface area contributed by atoms with E-state index in [1.165, 1.54) is 25.0 Å². The number of amides is 1. The molecular weight excluding hydrogens is 334 g/mol. The van der Waals surface area contributed by atoms with Gasteiger partial charge >= 0.3 is 0 Å². The number of H-pyrrole nitrogens is 1. The van der Waals surface area contributed by atoms with Gasteiger partial charge in [-0.3, -0.25) is 9.59 Å². The number of methoxy groups -OCH3 is 1. The van der Waals surface area contributed by atoms with E-state index in [9.17, 15) is 9.59 Å². The van der Waals surface area contributed by atoms with E-state index in [1.807, 2.05) is 25.1 Å². The zero-order valence-corrected chi connectivity index (χ0v) is 15.0. The number of hydrogen-bond acceptors (Lipinski definition) is 5. The first-order chi connectivity index (χ1) is 12.6. The van der Waals surface area contributed by atoms with Crippen molar-refractivity contribution in [2.24, 2.45) is 0 Å². The summed E-state index contributed by atoms with van der Waals surface area (Å²) in [4.78, 5) is 23.3. The van der Waals surface area contributed by atoms with Crippen LogP contribution >= 0.6 is 0 Å². The molecule has 26 heavy (non-hydrogen) atoms. The van der Waals surface area contributed by atoms with Gasteiger partial charge in [0.2, 0.25) is 0 Å². The van der Waals surface area contributed by atoms with Crippen molar-refractivity contribution in [2.45, 2.75) is 44.8 Å². The van der Waals surface area contributed by atoms with Gasteiger partial charge in [-0.05, 0) is 56.4 Å². The normalized spacial score (nSPS) is 15.5. The Morgan fingerprint density at radius 2 is 2.00 bits per heavy atom. The molecule has 1 amide bonds. The highest BCUT2D eigenvalue weighted by Crippen LogP contribution is 2.33. The summed E-state index contributed by atoms with van der Waals surface area (Å²) in [5.74, 6) is 1.01. The number of nitrogens with zero attached hydrogens (tertiary/aromatic N) is 1. The van der Waals surface area contributed by atoms with Gasteiger partial charge in [-0.25, -0.2) is 5.10 Å². The summed E-state index contributed by atoms with van der Waals surface area (Å²) in [6, 6.07) is 8.07. The number of ether oxygens (including phenoxy) is 2. The van der Waals surface area contributed by atoms with Crippen molar-refractivity contribution in [3.63, 3.8) is 0 Å². The summed E-state index contributed by atoms with van der Waals surface area (Å²) < 4.78 is 11.5. The first-order valence-corrected chi connectivity index (χ1v) is 8.78. The SMILES string of the molecule is COc1cc([C@@H](C)NC(=O)c2ccc(=O)[nH]n2)ccc1OC1CCCC1. The number of hydrogen-bond donors (Lipinski definition) is 2. The maximum absolute atomic E-state index is 12.2. The molecule has 0 bridgehead atoms. The van der Waals surface area contributed by atoms with E-state index >= 15 is 0 Å². The maximum Gasteiger partial charge on any atom is 0.272 e. The van der Waals surface area contributed by atoms with Crippen LogP contribution in [-0.4, -0.2) is 29.3 Å². The fourth-order valence-electron chi connectivity index (χ4n) is 3.06. The summed E-state index contributed by atoms with van der Waals surface area (Å²) in [5, 5.41) is 8.84. The van der Waals surface area contributed by atoms with E-state index in [1.54, 1.807) is 7.11 Å². The van der Waals surface area contributed by atoms with E-state index in [4.69, 9.17) is 9.47 Å². The van der Waals surface area contributed by atoms with Gasteiger partial charge in [0.25, 0.3) is 11.5 Å². The van der Waals surface area contributed by atoms with Crippen LogP contribution in [0.1, 0.15) is 54.7 Å². The third kappa shape index (κ3) is 4.22. The molecule has 138 valence electrons. The van der Waals surface area contributed by atoms with Crippen LogP contribution < -0.4 is 20.3 Å². The first-order valence-electron chi connectivity index (χ1n) is 8.78. The van der Waals surface area contributed by atoms with E-state index in [2.05, 4.69) is 15.5 Å². The number of nitrogens with one attached hydrogen (secondary N) is 2. The smallest absolute Gasteiger partial charge is 0.272 e. The number of carbonyl (C=O) groups is 1. The van der Waals surface area contributed by atoms with Crippen LogP contribution in [0.3, 0.4) is 0 Å². The number of aromatic amines is 1. The molecule has 0 radical (unpaired) electrons. The molecule has 0 unspecified atom stereocenters. The second-order valence-electron chi connectivity index (χ2n) is 6.44. The van der Waals surface area contributed by atoms with Gasteiger partial charge in [-0.15, -0.1) is 0 Å². The summed E-state index contributed by atoms with van der Waals surface area (Å²) in [6.45, 7) is 1.87. The summed E-state index contributed by atoms with van der Waals surface area (Å²) in [6.07, 6.45) is 4.80. The minimum absolute atomic E-state index is 0.157. The zero-order valence-electron chi connectivity index (χ0n) is 15.0. The Kier molecular flexibility index (Phi) is 5.55. The quantitative estimate of drug-likeness (QED) is 0.829. The molecule has 2 N–H and O–H groups in total. The molecule has 1 heterocycles. The van der Waals surface area contributed by atoms with Crippen LogP contribution in [0.2, 0.25) is 0 Å². The lowest BCUT2D eigenvalue weighted by Crippen LogP contribution is -2.28. The molecule has 1 aromatic carbocycles. The van der Waals surface area contributed by atoms with Crippen molar-refractivity contribution < 1.29 is 14.3 Å². The third-order valence-electron chi connectivity index (χ3n) is 4.54. The third-order valence-corrected chi connectivity index (χ3v) is 4.54. The molecule has 1 aliphatic carbocycles. The van der Waals surface area contributed by atoms with Crippen LogP contribution in [0.25, 0.3) is 0 Å². The van der Waals surface area contributed by atoms with Gasteiger partial charge in [-0.2, -0.15) is 5.10 Å². The number of benzene rings is 1. The van der Waals surface area contributed by atoms with Crippen LogP contribution in [0, 0.1) is 0 Å². The average molecular weight is 357 g/mol. The molecule has 1 aliphatic rings. The summed E-state index contributed by atoms with van der Waals surface area (Å²) in [7, 11) is 1.61. The van der Waals surface area contributed by atoms with Crippen LogP contribution in [0.15, 0.2) is 35.1 Å². The standard InChI is InChI=1S/C19H23N3O4/c1-12(20-19(24)15-8-10-18(23)22-21-15)13-7-9-16(17(11-13)25-2)26-14-5-3-4-6-14/h7-12,14H,3-6H2,1-2H3,(H,20,24)(H,22,23)/t12-/m1/s1. The Bertz CT molecular complexity index is 807. The van der Waals surface area contributed by atoms with E-state index < -0.39 is 0 Å². The van der Waals surface area contributed by atoms with E-state index in [0.717, 1.165) is 24.2 Å². The van der Waals surface area contributed by atoms with Gasteiger partial charge in [-0.1, -0.05) is 6.07 Å². The van der Waals surface area contributed by atoms with Crippen molar-refractivity contribution in [1.29, 1.82) is 0 Å². The largest absolute Gasteiger partial charge is 0.493 e. The molecule has 7 nitrogen and oxygen atoms in total. The van der Waals surface area contributed by atoms with Crippen LogP contribution in [-0.2, 0) is 0 Å². The van der Waals surface area contributed by atoms with Gasteiger partial charge in [0.1, 0.15) is 5.69 Å². The summed E-state index contributed by atoms with van der Waals surface area (Å²) in [5.41, 5.74) is 0.695. The molecule has 0 saturated heterocycles. The predicted molar refractivity (Wildman–Crippen MR) is 96.6 cm³/mol. The highest BCUT2D eigenvalue weighted by atomic mass is 16.5. The van der Waals surface area contributed by atoms with Crippen molar-refractivity contribution >= 4 is 5.91 Å². The molecule has 1 atom stereocenters. The molecule has 7 heteroatoms. The highest BCUT2D eigenvalue weighted by Gasteiger charge is 2.20. The van der Waals surface area contributed by atoms with Gasteiger partial charge < -0.3 is 14.8 Å². The molecule has 3 rings (SSSR count). The van der Waals surface area contributed by atoms with Crippen LogP contribution in [0.4, 0.5) is 0 Å². The van der Waals surface area contributed by atoms with Gasteiger partial charge in [0.15, 0.2) is 11.5 Å². The Morgan fingerprint density at radius 1 is 1.23 bits per heavy atom. The van der Waals surface area contributed by atoms with Gasteiger partial charge in [0.05, 0.1) is 19.3 Å². The Hall–Kier alpha value is -2.83. The molecule has 1 aromatic heterocycles. The van der Waals surface area contributed by atoms with Crippen molar-refractivity contribution in [3.8, 4) is 11.5 Å². The minimum Gasteiger partial charge on any atom is -0.493 e. The second-order valence-corrected chi connectivity index (χ2v) is 6.44. The second kappa shape index (κ2) is 8.03. The fourth-order valence-corrected chi connectivity index (χ4v) is 3.06. The first kappa shape index (κ1) is 18.0. The monoisotopic (exact) mass is 357 g/mol. The van der Waals surface area contributed by atoms with Crippen LogP contribution in [0.5, 0.6) is 11.5 Å². The average Bonchev–Trinajstić information content (AvgIpc) is 3.15. The lowest BCUT2D eigenvalue weighted by molar-refractivity contribution is 0.0933. The Morgan fingerprint density at radius 3 is 2.65 bits per heavy atom. The molecule has 0 spiro atoms. The summed E-state index contributed by atoms with van der Waals surface area (Å²) >= 11 is 0. The topological polar surface area (TPSA) is 93.3 Å². The number of carbonyl (C=O) groups excluding carboxylic acids is 1. The predicted octanol–water partition coefficient (Wildman–Crippen LogP) is 2.59. The van der Waals surface area contributed by atoms with Crippen molar-refractivity contribution in [1.82, 2.24) is 15.5 Å². The van der Waals surface area contributed by atoms with Crippen molar-refractivity contribution in [3.05, 3.63) is 51.9 Å². The molecule has 1 fully saturated rings. The minimum atomic E-state index is -0.362.